The second kappa shape index (κ2) is 6.60. The molecule has 4 heteroatoms. The Kier molecular flexibility index (Phi) is 4.37. The molecule has 1 amide bonds. The van der Waals surface area contributed by atoms with E-state index in [1.54, 1.807) is 6.07 Å². The van der Waals surface area contributed by atoms with Crippen LogP contribution in [0.15, 0.2) is 42.5 Å². The number of nitrogens with zero attached hydrogens (tertiary/aromatic N) is 2. The van der Waals surface area contributed by atoms with Crippen LogP contribution in [0.2, 0.25) is 0 Å². The van der Waals surface area contributed by atoms with Crippen LogP contribution in [0.1, 0.15) is 35.0 Å². The van der Waals surface area contributed by atoms with E-state index >= 15 is 0 Å². The average molecular weight is 295 g/mol. The van der Waals surface area contributed by atoms with Crippen LogP contribution in [-0.4, -0.2) is 24.0 Å². The fourth-order valence-corrected chi connectivity index (χ4v) is 2.75. The number of nitrogens with one attached hydrogen (secondary N) is 1. The molecule has 22 heavy (non-hydrogen) atoms. The molecule has 0 aliphatic carbocycles. The summed E-state index contributed by atoms with van der Waals surface area (Å²) in [7, 11) is 0. The molecule has 114 valence electrons. The van der Waals surface area contributed by atoms with Crippen molar-refractivity contribution < 1.29 is 4.79 Å². The molecule has 0 fully saturated rings. The fraction of sp³-hybridized carbons (Fsp3) is 0.333. The third-order valence-electron chi connectivity index (χ3n) is 3.96. The summed E-state index contributed by atoms with van der Waals surface area (Å²) in [6.45, 7) is 4.50. The molecule has 0 saturated carbocycles. The van der Waals surface area contributed by atoms with Gasteiger partial charge in [-0.05, 0) is 36.1 Å². The van der Waals surface area contributed by atoms with E-state index in [-0.39, 0.29) is 5.91 Å². The smallest absolute Gasteiger partial charge is 0.269 e. The van der Waals surface area contributed by atoms with Gasteiger partial charge in [-0.15, -0.1) is 0 Å². The average Bonchev–Trinajstić information content (AvgIpc) is 2.59. The summed E-state index contributed by atoms with van der Waals surface area (Å²) in [4.78, 5) is 18.8. The van der Waals surface area contributed by atoms with E-state index in [1.807, 2.05) is 19.1 Å². The number of aromatic nitrogens is 1. The van der Waals surface area contributed by atoms with Gasteiger partial charge in [-0.2, -0.15) is 0 Å². The van der Waals surface area contributed by atoms with Gasteiger partial charge in [-0.1, -0.05) is 37.3 Å². The monoisotopic (exact) mass is 295 g/mol. The van der Waals surface area contributed by atoms with Gasteiger partial charge in [0.2, 0.25) is 0 Å². The highest BCUT2D eigenvalue weighted by Crippen LogP contribution is 2.23. The van der Waals surface area contributed by atoms with Crippen molar-refractivity contribution >= 4 is 11.7 Å². The van der Waals surface area contributed by atoms with E-state index in [0.717, 1.165) is 31.7 Å². The van der Waals surface area contributed by atoms with Crippen LogP contribution >= 0.6 is 0 Å². The Morgan fingerprint density at radius 1 is 1.18 bits per heavy atom. The third kappa shape index (κ3) is 3.11. The lowest BCUT2D eigenvalue weighted by Gasteiger charge is -2.29. The van der Waals surface area contributed by atoms with Gasteiger partial charge in [-0.25, -0.2) is 4.98 Å². The van der Waals surface area contributed by atoms with Crippen LogP contribution in [0, 0.1) is 0 Å². The summed E-state index contributed by atoms with van der Waals surface area (Å²) in [5, 5.41) is 2.87. The predicted molar refractivity (Wildman–Crippen MR) is 88.1 cm³/mol. The highest BCUT2D eigenvalue weighted by molar-refractivity contribution is 5.92. The summed E-state index contributed by atoms with van der Waals surface area (Å²) >= 11 is 0. The van der Waals surface area contributed by atoms with Gasteiger partial charge >= 0.3 is 0 Å². The van der Waals surface area contributed by atoms with E-state index < -0.39 is 0 Å². The van der Waals surface area contributed by atoms with Gasteiger partial charge < -0.3 is 10.2 Å². The second-order valence-corrected chi connectivity index (χ2v) is 5.58. The SMILES string of the molecule is CCCNC(=O)c1cccc(N2CCc3ccccc3C2)n1. The summed E-state index contributed by atoms with van der Waals surface area (Å²) < 4.78 is 0. The maximum Gasteiger partial charge on any atom is 0.269 e. The third-order valence-corrected chi connectivity index (χ3v) is 3.96. The topological polar surface area (TPSA) is 45.2 Å². The van der Waals surface area contributed by atoms with Crippen molar-refractivity contribution in [2.75, 3.05) is 18.0 Å². The molecular weight excluding hydrogens is 274 g/mol. The van der Waals surface area contributed by atoms with E-state index in [4.69, 9.17) is 0 Å². The molecule has 0 atom stereocenters. The minimum Gasteiger partial charge on any atom is -0.352 e. The minimum absolute atomic E-state index is 0.0962. The number of fused-ring (bicyclic) bond motifs is 1. The predicted octanol–water partition coefficient (Wildman–Crippen LogP) is 2.78. The molecule has 1 aliphatic heterocycles. The second-order valence-electron chi connectivity index (χ2n) is 5.58. The maximum absolute atomic E-state index is 12.0. The van der Waals surface area contributed by atoms with E-state index in [2.05, 4.69) is 39.5 Å². The molecule has 1 N–H and O–H groups in total. The van der Waals surface area contributed by atoms with E-state index in [9.17, 15) is 4.79 Å². The first-order valence-corrected chi connectivity index (χ1v) is 7.85. The Bertz CT molecular complexity index is 669. The first-order chi connectivity index (χ1) is 10.8. The summed E-state index contributed by atoms with van der Waals surface area (Å²) in [6.07, 6.45) is 1.94. The van der Waals surface area contributed by atoms with Gasteiger partial charge in [0, 0.05) is 19.6 Å². The first-order valence-electron chi connectivity index (χ1n) is 7.85. The van der Waals surface area contributed by atoms with Crippen molar-refractivity contribution in [3.63, 3.8) is 0 Å². The van der Waals surface area contributed by atoms with Crippen LogP contribution in [0.5, 0.6) is 0 Å². The van der Waals surface area contributed by atoms with Gasteiger partial charge in [0.05, 0.1) is 0 Å². The first kappa shape index (κ1) is 14.6. The molecule has 0 bridgehead atoms. The fourth-order valence-electron chi connectivity index (χ4n) is 2.75. The largest absolute Gasteiger partial charge is 0.352 e. The number of hydrogen-bond donors (Lipinski definition) is 1. The van der Waals surface area contributed by atoms with Gasteiger partial charge in [0.15, 0.2) is 0 Å². The highest BCUT2D eigenvalue weighted by Gasteiger charge is 2.18. The summed E-state index contributed by atoms with van der Waals surface area (Å²) in [5.41, 5.74) is 3.25. The standard InChI is InChI=1S/C18H21N3O/c1-2-11-19-18(22)16-8-5-9-17(20-16)21-12-10-14-6-3-4-7-15(14)13-21/h3-9H,2,10-13H2,1H3,(H,19,22). The van der Waals surface area contributed by atoms with Crippen molar-refractivity contribution in [3.8, 4) is 0 Å². The number of anilines is 1. The molecule has 2 heterocycles. The zero-order valence-electron chi connectivity index (χ0n) is 12.9. The van der Waals surface area contributed by atoms with Crippen molar-refractivity contribution in [2.45, 2.75) is 26.3 Å². The Balaban J connectivity index is 1.77. The zero-order valence-corrected chi connectivity index (χ0v) is 12.9. The van der Waals surface area contributed by atoms with E-state index in [0.29, 0.717) is 12.2 Å². The van der Waals surface area contributed by atoms with Crippen molar-refractivity contribution in [3.05, 3.63) is 59.3 Å². The van der Waals surface area contributed by atoms with Gasteiger partial charge in [0.25, 0.3) is 5.91 Å². The van der Waals surface area contributed by atoms with Crippen LogP contribution in [0.3, 0.4) is 0 Å². The zero-order chi connectivity index (χ0) is 15.4. The maximum atomic E-state index is 12.0. The number of benzene rings is 1. The minimum atomic E-state index is -0.0962. The molecule has 1 aliphatic rings. The lowest BCUT2D eigenvalue weighted by atomic mass is 10.00. The van der Waals surface area contributed by atoms with Crippen molar-refractivity contribution in [2.24, 2.45) is 0 Å². The number of rotatable bonds is 4. The summed E-state index contributed by atoms with van der Waals surface area (Å²) in [5.74, 6) is 0.778. The molecule has 0 saturated heterocycles. The number of amides is 1. The Labute approximate surface area is 131 Å². The number of pyridine rings is 1. The van der Waals surface area contributed by atoms with Gasteiger partial charge in [0.1, 0.15) is 11.5 Å². The van der Waals surface area contributed by atoms with Crippen LogP contribution in [-0.2, 0) is 13.0 Å². The Morgan fingerprint density at radius 3 is 2.82 bits per heavy atom. The van der Waals surface area contributed by atoms with Crippen LogP contribution in [0.25, 0.3) is 0 Å². The Hall–Kier alpha value is -2.36. The lowest BCUT2D eigenvalue weighted by Crippen LogP contribution is -2.32. The van der Waals surface area contributed by atoms with Crippen LogP contribution in [0.4, 0.5) is 5.82 Å². The number of carbonyl (C=O) groups excluding carboxylic acids is 1. The number of hydrogen-bond acceptors (Lipinski definition) is 3. The quantitative estimate of drug-likeness (QED) is 0.943. The van der Waals surface area contributed by atoms with Crippen molar-refractivity contribution in [1.82, 2.24) is 10.3 Å². The molecule has 4 nitrogen and oxygen atoms in total. The molecule has 1 aromatic heterocycles. The molecule has 2 aromatic rings. The normalized spacial score (nSPS) is 13.6. The Morgan fingerprint density at radius 2 is 2.00 bits per heavy atom. The molecular formula is C18H21N3O. The van der Waals surface area contributed by atoms with Crippen molar-refractivity contribution in [1.29, 1.82) is 0 Å². The lowest BCUT2D eigenvalue weighted by molar-refractivity contribution is 0.0949. The van der Waals surface area contributed by atoms with Gasteiger partial charge in [-0.3, -0.25) is 4.79 Å². The molecule has 3 rings (SSSR count). The number of carbonyl (C=O) groups is 1. The highest BCUT2D eigenvalue weighted by atomic mass is 16.1. The van der Waals surface area contributed by atoms with Crippen LogP contribution < -0.4 is 10.2 Å². The molecule has 0 spiro atoms. The molecule has 1 aromatic carbocycles. The van der Waals surface area contributed by atoms with E-state index in [1.165, 1.54) is 11.1 Å². The summed E-state index contributed by atoms with van der Waals surface area (Å²) in [6, 6.07) is 14.2. The molecule has 0 radical (unpaired) electrons. The molecule has 0 unspecified atom stereocenters.